The highest BCUT2D eigenvalue weighted by Crippen LogP contribution is 2.15. The molecule has 0 saturated carbocycles. The van der Waals surface area contributed by atoms with Gasteiger partial charge in [0.2, 0.25) is 0 Å². The molecule has 1 rings (SSSR count). The smallest absolute Gasteiger partial charge is 0.154 e. The third kappa shape index (κ3) is 3.54. The van der Waals surface area contributed by atoms with Crippen molar-refractivity contribution in [3.05, 3.63) is 46.7 Å². The minimum Gasteiger partial charge on any atom is -0.402 e. The topological polar surface area (TPSA) is 43.1 Å². The summed E-state index contributed by atoms with van der Waals surface area (Å²) in [5.74, 6) is 0.0125. The Balaban J connectivity index is 2.68. The van der Waals surface area contributed by atoms with Crippen LogP contribution in [0.2, 0.25) is 0 Å². The third-order valence-electron chi connectivity index (χ3n) is 2.79. The highest BCUT2D eigenvalue weighted by Gasteiger charge is 2.01. The van der Waals surface area contributed by atoms with Crippen LogP contribution < -0.4 is 5.73 Å². The molecule has 0 bridgehead atoms. The number of allylic oxidation sites excluding steroid dienone is 2. The first-order valence-corrected chi connectivity index (χ1v) is 5.52. The second-order valence-corrected chi connectivity index (χ2v) is 4.19. The van der Waals surface area contributed by atoms with E-state index in [0.717, 1.165) is 12.8 Å². The van der Waals surface area contributed by atoms with Crippen LogP contribution in [0.5, 0.6) is 0 Å². The molecule has 0 radical (unpaired) electrons. The van der Waals surface area contributed by atoms with Crippen molar-refractivity contribution in [2.75, 3.05) is 0 Å². The van der Waals surface area contributed by atoms with E-state index in [1.165, 1.54) is 29.7 Å². The largest absolute Gasteiger partial charge is 0.402 e. The van der Waals surface area contributed by atoms with Crippen molar-refractivity contribution in [2.24, 2.45) is 5.73 Å². The van der Waals surface area contributed by atoms with Crippen molar-refractivity contribution >= 4 is 5.78 Å². The zero-order valence-corrected chi connectivity index (χ0v) is 10.2. The van der Waals surface area contributed by atoms with Gasteiger partial charge in [0.05, 0.1) is 0 Å². The molecule has 0 unspecified atom stereocenters. The molecule has 0 atom stereocenters. The molecule has 0 fully saturated rings. The van der Waals surface area contributed by atoms with Crippen LogP contribution in [0.1, 0.15) is 30.0 Å². The Morgan fingerprint density at radius 3 is 2.69 bits per heavy atom. The van der Waals surface area contributed by atoms with Crippen LogP contribution in [0.3, 0.4) is 0 Å². The van der Waals surface area contributed by atoms with Gasteiger partial charge in [-0.25, -0.2) is 0 Å². The number of benzene rings is 1. The van der Waals surface area contributed by atoms with Crippen LogP contribution in [0.15, 0.2) is 30.0 Å². The molecule has 2 N–H and O–H groups in total. The number of carbonyl (C=O) groups excluding carboxylic acids is 1. The quantitative estimate of drug-likeness (QED) is 0.788. The number of hydrogen-bond donors (Lipinski definition) is 1. The van der Waals surface area contributed by atoms with Gasteiger partial charge in [-0.2, -0.15) is 0 Å². The van der Waals surface area contributed by atoms with E-state index in [9.17, 15) is 4.79 Å². The lowest BCUT2D eigenvalue weighted by Gasteiger charge is -2.08. The third-order valence-corrected chi connectivity index (χ3v) is 2.79. The molecule has 86 valence electrons. The van der Waals surface area contributed by atoms with E-state index < -0.39 is 0 Å². The van der Waals surface area contributed by atoms with E-state index in [0.29, 0.717) is 5.70 Å². The lowest BCUT2D eigenvalue weighted by molar-refractivity contribution is -0.112. The average Bonchev–Trinajstić information content (AvgIpc) is 2.19. The SMILES string of the molecule is CC(=O)/C=C(\N)CCc1cccc(C)c1C. The Kier molecular flexibility index (Phi) is 4.29. The second kappa shape index (κ2) is 5.50. The van der Waals surface area contributed by atoms with Gasteiger partial charge in [0.25, 0.3) is 0 Å². The maximum Gasteiger partial charge on any atom is 0.154 e. The Morgan fingerprint density at radius 2 is 2.06 bits per heavy atom. The van der Waals surface area contributed by atoms with Gasteiger partial charge in [-0.1, -0.05) is 18.2 Å². The maximum atomic E-state index is 10.8. The molecule has 1 aromatic rings. The van der Waals surface area contributed by atoms with Gasteiger partial charge in [-0.3, -0.25) is 4.79 Å². The van der Waals surface area contributed by atoms with E-state index in [-0.39, 0.29) is 5.78 Å². The Morgan fingerprint density at radius 1 is 1.38 bits per heavy atom. The monoisotopic (exact) mass is 217 g/mol. The first-order chi connectivity index (χ1) is 7.50. The molecule has 0 aliphatic carbocycles. The lowest BCUT2D eigenvalue weighted by atomic mass is 9.99. The van der Waals surface area contributed by atoms with Crippen molar-refractivity contribution in [2.45, 2.75) is 33.6 Å². The van der Waals surface area contributed by atoms with Crippen molar-refractivity contribution < 1.29 is 4.79 Å². The summed E-state index contributed by atoms with van der Waals surface area (Å²) in [6, 6.07) is 6.28. The van der Waals surface area contributed by atoms with E-state index in [1.807, 2.05) is 0 Å². The van der Waals surface area contributed by atoms with Crippen LogP contribution in [0, 0.1) is 13.8 Å². The van der Waals surface area contributed by atoms with Gasteiger partial charge in [-0.05, 0) is 56.4 Å². The van der Waals surface area contributed by atoms with E-state index >= 15 is 0 Å². The number of carbonyl (C=O) groups is 1. The maximum absolute atomic E-state index is 10.8. The average molecular weight is 217 g/mol. The summed E-state index contributed by atoms with van der Waals surface area (Å²) < 4.78 is 0. The minimum atomic E-state index is 0.0125. The molecule has 2 heteroatoms. The van der Waals surface area contributed by atoms with Gasteiger partial charge in [0.1, 0.15) is 0 Å². The van der Waals surface area contributed by atoms with Gasteiger partial charge in [-0.15, -0.1) is 0 Å². The Bertz CT molecular complexity index is 419. The fraction of sp³-hybridized carbons (Fsp3) is 0.357. The van der Waals surface area contributed by atoms with Crippen molar-refractivity contribution in [3.8, 4) is 0 Å². The number of ketones is 1. The number of rotatable bonds is 4. The van der Waals surface area contributed by atoms with Crippen LogP contribution in [-0.4, -0.2) is 5.78 Å². The highest BCUT2D eigenvalue weighted by molar-refractivity contribution is 5.87. The van der Waals surface area contributed by atoms with Gasteiger partial charge in [0, 0.05) is 5.70 Å². The fourth-order valence-electron chi connectivity index (χ4n) is 1.69. The Hall–Kier alpha value is -1.57. The molecule has 0 spiro atoms. The predicted molar refractivity (Wildman–Crippen MR) is 67.2 cm³/mol. The molecule has 0 aliphatic rings. The van der Waals surface area contributed by atoms with Crippen LogP contribution in [0.25, 0.3) is 0 Å². The first-order valence-electron chi connectivity index (χ1n) is 5.52. The van der Waals surface area contributed by atoms with Crippen molar-refractivity contribution in [1.82, 2.24) is 0 Å². The molecule has 0 heterocycles. The molecular weight excluding hydrogens is 198 g/mol. The lowest BCUT2D eigenvalue weighted by Crippen LogP contribution is -2.03. The standard InChI is InChI=1S/C14H19NO/c1-10-5-4-6-13(12(10)3)7-8-14(15)9-11(2)16/h4-6,9H,7-8,15H2,1-3H3/b14-9-. The van der Waals surface area contributed by atoms with Crippen LogP contribution in [0.4, 0.5) is 0 Å². The highest BCUT2D eigenvalue weighted by atomic mass is 16.1. The van der Waals surface area contributed by atoms with Gasteiger partial charge < -0.3 is 5.73 Å². The summed E-state index contributed by atoms with van der Waals surface area (Å²) in [7, 11) is 0. The minimum absolute atomic E-state index is 0.0125. The van der Waals surface area contributed by atoms with Crippen LogP contribution in [-0.2, 0) is 11.2 Å². The summed E-state index contributed by atoms with van der Waals surface area (Å²) in [6.45, 7) is 5.74. The molecule has 2 nitrogen and oxygen atoms in total. The second-order valence-electron chi connectivity index (χ2n) is 4.19. The molecule has 1 aromatic carbocycles. The summed E-state index contributed by atoms with van der Waals surface area (Å²) in [5.41, 5.74) is 10.3. The summed E-state index contributed by atoms with van der Waals surface area (Å²) in [6.07, 6.45) is 3.14. The number of aryl methyl sites for hydroxylation is 2. The molecule has 16 heavy (non-hydrogen) atoms. The summed E-state index contributed by atoms with van der Waals surface area (Å²) in [4.78, 5) is 10.8. The molecular formula is C14H19NO. The molecule has 0 aliphatic heterocycles. The normalized spacial score (nSPS) is 11.6. The van der Waals surface area contributed by atoms with E-state index in [1.54, 1.807) is 0 Å². The number of nitrogens with two attached hydrogens (primary N) is 1. The van der Waals surface area contributed by atoms with Crippen molar-refractivity contribution in [1.29, 1.82) is 0 Å². The summed E-state index contributed by atoms with van der Waals surface area (Å²) >= 11 is 0. The fourth-order valence-corrected chi connectivity index (χ4v) is 1.69. The molecule has 0 saturated heterocycles. The Labute approximate surface area is 97.2 Å². The number of hydrogen-bond acceptors (Lipinski definition) is 2. The van der Waals surface area contributed by atoms with Gasteiger partial charge >= 0.3 is 0 Å². The predicted octanol–water partition coefficient (Wildman–Crippen LogP) is 2.67. The molecule has 0 aromatic heterocycles. The molecule has 0 amide bonds. The first kappa shape index (κ1) is 12.5. The van der Waals surface area contributed by atoms with E-state index in [4.69, 9.17) is 5.73 Å². The van der Waals surface area contributed by atoms with Crippen molar-refractivity contribution in [3.63, 3.8) is 0 Å². The van der Waals surface area contributed by atoms with Crippen LogP contribution >= 0.6 is 0 Å². The summed E-state index contributed by atoms with van der Waals surface area (Å²) in [5, 5.41) is 0. The van der Waals surface area contributed by atoms with Gasteiger partial charge in [0.15, 0.2) is 5.78 Å². The zero-order chi connectivity index (χ0) is 12.1. The van der Waals surface area contributed by atoms with E-state index in [2.05, 4.69) is 32.0 Å². The zero-order valence-electron chi connectivity index (χ0n) is 10.2.